The summed E-state index contributed by atoms with van der Waals surface area (Å²) in [5.74, 6) is 0. The van der Waals surface area contributed by atoms with Crippen molar-refractivity contribution in [3.63, 3.8) is 0 Å². The van der Waals surface area contributed by atoms with Gasteiger partial charge in [-0.3, -0.25) is 0 Å². The fourth-order valence-electron chi connectivity index (χ4n) is 1.21. The molecule has 0 aliphatic carbocycles. The molecule has 70 valence electrons. The van der Waals surface area contributed by atoms with E-state index in [0.29, 0.717) is 0 Å². The third kappa shape index (κ3) is 4.48. The molecule has 1 nitrogen and oxygen atoms in total. The maximum Gasteiger partial charge on any atom is -0.00484 e. The van der Waals surface area contributed by atoms with Crippen LogP contribution in [0, 0.1) is 0 Å². The van der Waals surface area contributed by atoms with Gasteiger partial charge in [0.15, 0.2) is 0 Å². The van der Waals surface area contributed by atoms with Gasteiger partial charge in [-0.15, -0.1) is 0 Å². The van der Waals surface area contributed by atoms with E-state index in [4.69, 9.17) is 0 Å². The summed E-state index contributed by atoms with van der Waals surface area (Å²) in [6, 6.07) is 10.0. The first-order chi connectivity index (χ1) is 6.43. The highest BCUT2D eigenvalue weighted by Crippen LogP contribution is 1.97. The molecule has 1 aromatic carbocycles. The molecule has 0 radical (unpaired) electrons. The quantitative estimate of drug-likeness (QED) is 0.692. The van der Waals surface area contributed by atoms with Gasteiger partial charge in [0.2, 0.25) is 0 Å². The van der Waals surface area contributed by atoms with Gasteiger partial charge in [-0.2, -0.15) is 0 Å². The van der Waals surface area contributed by atoms with Crippen LogP contribution in [0.5, 0.6) is 0 Å². The second-order valence-electron chi connectivity index (χ2n) is 3.07. The first-order valence-electron chi connectivity index (χ1n) is 4.81. The van der Waals surface area contributed by atoms with E-state index in [0.717, 1.165) is 0 Å². The van der Waals surface area contributed by atoms with Crippen LogP contribution in [0.3, 0.4) is 0 Å². The van der Waals surface area contributed by atoms with Crippen molar-refractivity contribution < 1.29 is 0 Å². The Hall–Kier alpha value is -1.08. The van der Waals surface area contributed by atoms with Gasteiger partial charge in [-0.25, -0.2) is 0 Å². The summed E-state index contributed by atoms with van der Waals surface area (Å²) in [5, 5.41) is 3.22. The van der Waals surface area contributed by atoms with E-state index in [2.05, 4.69) is 11.9 Å². The second kappa shape index (κ2) is 6.44. The van der Waals surface area contributed by atoms with Gasteiger partial charge < -0.3 is 5.32 Å². The molecule has 13 heavy (non-hydrogen) atoms. The van der Waals surface area contributed by atoms with E-state index in [-0.39, 0.29) is 0 Å². The van der Waals surface area contributed by atoms with Gasteiger partial charge in [-0.05, 0) is 31.5 Å². The summed E-state index contributed by atoms with van der Waals surface area (Å²) in [4.78, 5) is 0. The van der Waals surface area contributed by atoms with E-state index in [1.165, 1.54) is 31.5 Å². The molecule has 2 rings (SSSR count). The van der Waals surface area contributed by atoms with Crippen LogP contribution in [0.1, 0.15) is 18.4 Å². The lowest BCUT2D eigenvalue weighted by molar-refractivity contribution is 0.857. The average molecular weight is 175 g/mol. The van der Waals surface area contributed by atoms with E-state index in [1.54, 1.807) is 0 Å². The van der Waals surface area contributed by atoms with Gasteiger partial charge in [0.25, 0.3) is 0 Å². The number of benzene rings is 1. The molecule has 1 heterocycles. The molecule has 0 aromatic heterocycles. The standard InChI is InChI=1S/C8H8.C4H9N/c1-2-8-6-4-3-5-7-8;1-2-4-5-3-1/h2-7H,1H2;5H,1-4H2. The van der Waals surface area contributed by atoms with Gasteiger partial charge >= 0.3 is 0 Å². The third-order valence-electron chi connectivity index (χ3n) is 1.99. The maximum absolute atomic E-state index is 3.63. The van der Waals surface area contributed by atoms with Crippen LogP contribution in [0.25, 0.3) is 6.08 Å². The molecule has 0 atom stereocenters. The second-order valence-corrected chi connectivity index (χ2v) is 3.07. The topological polar surface area (TPSA) is 12.0 Å². The molecule has 1 heteroatoms. The Bertz CT molecular complexity index is 217. The smallest absolute Gasteiger partial charge is 0.00484 e. The fraction of sp³-hybridized carbons (Fsp3) is 0.333. The maximum atomic E-state index is 3.63. The minimum atomic E-state index is 1.17. The molecular formula is C12H17N. The zero-order valence-electron chi connectivity index (χ0n) is 8.00. The molecule has 1 saturated heterocycles. The van der Waals surface area contributed by atoms with Crippen LogP contribution >= 0.6 is 0 Å². The first kappa shape index (κ1) is 10.0. The fourth-order valence-corrected chi connectivity index (χ4v) is 1.21. The summed E-state index contributed by atoms with van der Waals surface area (Å²) < 4.78 is 0. The van der Waals surface area contributed by atoms with Crippen molar-refractivity contribution in [2.24, 2.45) is 0 Å². The average Bonchev–Trinajstić information content (AvgIpc) is 2.77. The molecule has 1 fully saturated rings. The molecular weight excluding hydrogens is 158 g/mol. The normalized spacial score (nSPS) is 14.5. The van der Waals surface area contributed by atoms with Crippen molar-refractivity contribution in [1.29, 1.82) is 0 Å². The molecule has 1 aromatic rings. The van der Waals surface area contributed by atoms with Crippen LogP contribution in [0.15, 0.2) is 36.9 Å². The number of hydrogen-bond donors (Lipinski definition) is 1. The summed E-state index contributed by atoms with van der Waals surface area (Å²) in [7, 11) is 0. The van der Waals surface area contributed by atoms with E-state index >= 15 is 0 Å². The van der Waals surface area contributed by atoms with Gasteiger partial charge in [0.05, 0.1) is 0 Å². The molecule has 1 N–H and O–H groups in total. The predicted molar refractivity (Wildman–Crippen MR) is 58.6 cm³/mol. The molecule has 0 spiro atoms. The Morgan fingerprint density at radius 3 is 2.00 bits per heavy atom. The number of rotatable bonds is 1. The van der Waals surface area contributed by atoms with Crippen LogP contribution in [0.4, 0.5) is 0 Å². The van der Waals surface area contributed by atoms with Crippen LogP contribution in [0.2, 0.25) is 0 Å². The van der Waals surface area contributed by atoms with Crippen molar-refractivity contribution in [3.8, 4) is 0 Å². The summed E-state index contributed by atoms with van der Waals surface area (Å²) >= 11 is 0. The molecule has 0 saturated carbocycles. The Morgan fingerprint density at radius 2 is 1.69 bits per heavy atom. The lowest BCUT2D eigenvalue weighted by atomic mass is 10.2. The Morgan fingerprint density at radius 1 is 1.08 bits per heavy atom. The molecule has 0 bridgehead atoms. The number of hydrogen-bond acceptors (Lipinski definition) is 1. The highest BCUT2D eigenvalue weighted by Gasteiger charge is 1.93. The number of nitrogens with one attached hydrogen (secondary N) is 1. The molecule has 1 aliphatic rings. The van der Waals surface area contributed by atoms with Crippen molar-refractivity contribution in [2.75, 3.05) is 13.1 Å². The molecule has 1 aliphatic heterocycles. The largest absolute Gasteiger partial charge is 0.317 e. The zero-order chi connectivity index (χ0) is 9.36. The van der Waals surface area contributed by atoms with Gasteiger partial charge in [0, 0.05) is 0 Å². The lowest BCUT2D eigenvalue weighted by Crippen LogP contribution is -2.03. The van der Waals surface area contributed by atoms with Crippen LogP contribution in [-0.2, 0) is 0 Å². The van der Waals surface area contributed by atoms with Crippen molar-refractivity contribution >= 4 is 6.08 Å². The highest BCUT2D eigenvalue weighted by atomic mass is 14.9. The Labute approximate surface area is 80.5 Å². The van der Waals surface area contributed by atoms with Crippen LogP contribution in [-0.4, -0.2) is 13.1 Å². The highest BCUT2D eigenvalue weighted by molar-refractivity contribution is 5.45. The predicted octanol–water partition coefficient (Wildman–Crippen LogP) is 2.70. The molecule has 0 amide bonds. The van der Waals surface area contributed by atoms with E-state index in [1.807, 2.05) is 36.4 Å². The van der Waals surface area contributed by atoms with E-state index < -0.39 is 0 Å². The lowest BCUT2D eigenvalue weighted by Gasteiger charge is -1.85. The van der Waals surface area contributed by atoms with Crippen molar-refractivity contribution in [2.45, 2.75) is 12.8 Å². The van der Waals surface area contributed by atoms with Gasteiger partial charge in [0.1, 0.15) is 0 Å². The van der Waals surface area contributed by atoms with Crippen LogP contribution < -0.4 is 5.32 Å². The Kier molecular flexibility index (Phi) is 4.95. The SMILES string of the molecule is C1CCNC1.C=Cc1ccccc1. The van der Waals surface area contributed by atoms with Crippen molar-refractivity contribution in [3.05, 3.63) is 42.5 Å². The van der Waals surface area contributed by atoms with Gasteiger partial charge in [-0.1, -0.05) is 43.0 Å². The first-order valence-corrected chi connectivity index (χ1v) is 4.81. The minimum Gasteiger partial charge on any atom is -0.317 e. The summed E-state index contributed by atoms with van der Waals surface area (Å²) in [6.45, 7) is 6.13. The molecule has 0 unspecified atom stereocenters. The zero-order valence-corrected chi connectivity index (χ0v) is 8.00. The minimum absolute atomic E-state index is 1.17. The monoisotopic (exact) mass is 175 g/mol. The summed E-state index contributed by atoms with van der Waals surface area (Å²) in [5.41, 5.74) is 1.17. The van der Waals surface area contributed by atoms with E-state index in [9.17, 15) is 0 Å². The summed E-state index contributed by atoms with van der Waals surface area (Å²) in [6.07, 6.45) is 4.61. The third-order valence-corrected chi connectivity index (χ3v) is 1.99. The Balaban J connectivity index is 0.000000145. The van der Waals surface area contributed by atoms with Crippen molar-refractivity contribution in [1.82, 2.24) is 5.32 Å².